The van der Waals surface area contributed by atoms with Crippen LogP contribution in [0.25, 0.3) is 6.08 Å². The molecule has 0 atom stereocenters. The van der Waals surface area contributed by atoms with Gasteiger partial charge in [-0.2, -0.15) is 0 Å². The third kappa shape index (κ3) is 4.61. The third-order valence-electron chi connectivity index (χ3n) is 4.39. The van der Waals surface area contributed by atoms with Gasteiger partial charge in [0.25, 0.3) is 0 Å². The zero-order chi connectivity index (χ0) is 21.7. The highest BCUT2D eigenvalue weighted by atomic mass is 32.2. The Bertz CT molecular complexity index is 1100. The van der Waals surface area contributed by atoms with Gasteiger partial charge in [0.15, 0.2) is 0 Å². The molecule has 10 heteroatoms. The number of anilines is 2. The van der Waals surface area contributed by atoms with E-state index in [4.69, 9.17) is 9.47 Å². The summed E-state index contributed by atoms with van der Waals surface area (Å²) in [4.78, 5) is 25.6. The van der Waals surface area contributed by atoms with Crippen LogP contribution in [0.4, 0.5) is 16.2 Å². The van der Waals surface area contributed by atoms with Gasteiger partial charge in [0.05, 0.1) is 25.0 Å². The van der Waals surface area contributed by atoms with Gasteiger partial charge in [0.1, 0.15) is 17.3 Å². The Hall–Kier alpha value is -3.37. The van der Waals surface area contributed by atoms with E-state index in [0.29, 0.717) is 23.5 Å². The van der Waals surface area contributed by atoms with Gasteiger partial charge in [-0.15, -0.1) is 0 Å². The summed E-state index contributed by atoms with van der Waals surface area (Å²) in [6.07, 6.45) is 2.29. The molecule has 1 fully saturated rings. The minimum atomic E-state index is -3.73. The predicted molar refractivity (Wildman–Crippen MR) is 112 cm³/mol. The molecule has 0 unspecified atom stereocenters. The van der Waals surface area contributed by atoms with E-state index in [0.717, 1.165) is 0 Å². The molecule has 2 N–H and O–H groups in total. The molecule has 0 bridgehead atoms. The number of ether oxygens (including phenoxy) is 2. The first-order chi connectivity index (χ1) is 14.4. The van der Waals surface area contributed by atoms with Crippen LogP contribution in [-0.2, 0) is 19.6 Å². The highest BCUT2D eigenvalue weighted by Crippen LogP contribution is 2.28. The van der Waals surface area contributed by atoms with Gasteiger partial charge >= 0.3 is 6.09 Å². The molecule has 30 heavy (non-hydrogen) atoms. The third-order valence-corrected chi connectivity index (χ3v) is 5.82. The maximum absolute atomic E-state index is 12.4. The molecule has 3 rings (SSSR count). The second-order valence-corrected chi connectivity index (χ2v) is 8.08. The van der Waals surface area contributed by atoms with Crippen molar-refractivity contribution in [3.8, 4) is 5.75 Å². The standard InChI is InChI=1S/C20H21N3O6S/c1-21-30(26,27)18-13-14(7-9-17(18)28-2)8-10-19(24)22-15-5-3-4-6-16(15)23-11-12-29-20(23)25/h3-10,13,21H,11-12H2,1-2H3,(H,22,24)/b10-8+. The number of carbonyl (C=O) groups is 2. The predicted octanol–water partition coefficient (Wildman–Crippen LogP) is 2.21. The summed E-state index contributed by atoms with van der Waals surface area (Å²) in [6.45, 7) is 0.687. The quantitative estimate of drug-likeness (QED) is 0.650. The number of nitrogens with zero attached hydrogens (tertiary/aromatic N) is 1. The molecule has 1 aliphatic rings. The van der Waals surface area contributed by atoms with Crippen LogP contribution < -0.4 is 19.7 Å². The zero-order valence-corrected chi connectivity index (χ0v) is 17.2. The van der Waals surface area contributed by atoms with Crippen molar-refractivity contribution in [1.29, 1.82) is 0 Å². The average Bonchev–Trinajstić information content (AvgIpc) is 3.18. The normalized spacial score (nSPS) is 14.1. The monoisotopic (exact) mass is 431 g/mol. The van der Waals surface area contributed by atoms with Gasteiger partial charge in [0.2, 0.25) is 15.9 Å². The number of para-hydroxylation sites is 2. The topological polar surface area (TPSA) is 114 Å². The van der Waals surface area contributed by atoms with Crippen LogP contribution in [0.2, 0.25) is 0 Å². The highest BCUT2D eigenvalue weighted by molar-refractivity contribution is 7.89. The average molecular weight is 431 g/mol. The minimum Gasteiger partial charge on any atom is -0.495 e. The molecule has 2 aromatic rings. The Labute approximate surface area is 174 Å². The van der Waals surface area contributed by atoms with Gasteiger partial charge in [-0.1, -0.05) is 18.2 Å². The van der Waals surface area contributed by atoms with Gasteiger partial charge < -0.3 is 14.8 Å². The summed E-state index contributed by atoms with van der Waals surface area (Å²) in [7, 11) is -1.05. The number of cyclic esters (lactones) is 1. The fraction of sp³-hybridized carbons (Fsp3) is 0.200. The second-order valence-electron chi connectivity index (χ2n) is 6.22. The van der Waals surface area contributed by atoms with E-state index in [1.807, 2.05) is 0 Å². The largest absolute Gasteiger partial charge is 0.495 e. The van der Waals surface area contributed by atoms with Crippen molar-refractivity contribution < 1.29 is 27.5 Å². The fourth-order valence-corrected chi connectivity index (χ4v) is 3.82. The number of methoxy groups -OCH3 is 1. The molecule has 1 saturated heterocycles. The second kappa shape index (κ2) is 8.97. The number of hydrogen-bond donors (Lipinski definition) is 2. The Kier molecular flexibility index (Phi) is 6.38. The van der Waals surface area contributed by atoms with Gasteiger partial charge in [-0.25, -0.2) is 17.9 Å². The van der Waals surface area contributed by atoms with Crippen LogP contribution in [0.3, 0.4) is 0 Å². The minimum absolute atomic E-state index is 0.0343. The van der Waals surface area contributed by atoms with Crippen LogP contribution in [0, 0.1) is 0 Å². The molecule has 0 radical (unpaired) electrons. The SMILES string of the molecule is CNS(=O)(=O)c1cc(/C=C/C(=O)Nc2ccccc2N2CCOC2=O)ccc1OC. The highest BCUT2D eigenvalue weighted by Gasteiger charge is 2.25. The Morgan fingerprint density at radius 3 is 2.67 bits per heavy atom. The van der Waals surface area contributed by atoms with Crippen LogP contribution in [0.5, 0.6) is 5.75 Å². The molecular formula is C20H21N3O6S. The molecule has 9 nitrogen and oxygen atoms in total. The Morgan fingerprint density at radius 1 is 1.23 bits per heavy atom. The molecular weight excluding hydrogens is 410 g/mol. The first kappa shape index (κ1) is 21.3. The van der Waals surface area contributed by atoms with Crippen molar-refractivity contribution in [3.05, 3.63) is 54.1 Å². The molecule has 158 valence electrons. The Balaban J connectivity index is 1.79. The van der Waals surface area contributed by atoms with E-state index in [1.165, 1.54) is 43.3 Å². The summed E-state index contributed by atoms with van der Waals surface area (Å²) in [5.41, 5.74) is 1.49. The number of carbonyl (C=O) groups excluding carboxylic acids is 2. The number of amides is 2. The van der Waals surface area contributed by atoms with E-state index in [9.17, 15) is 18.0 Å². The van der Waals surface area contributed by atoms with Gasteiger partial charge in [0, 0.05) is 6.08 Å². The van der Waals surface area contributed by atoms with E-state index in [2.05, 4.69) is 10.0 Å². The molecule has 1 heterocycles. The number of hydrogen-bond acceptors (Lipinski definition) is 6. The van der Waals surface area contributed by atoms with E-state index < -0.39 is 22.0 Å². The smallest absolute Gasteiger partial charge is 0.414 e. The number of sulfonamides is 1. The van der Waals surface area contributed by atoms with Crippen LogP contribution in [0.1, 0.15) is 5.56 Å². The number of benzene rings is 2. The fourth-order valence-electron chi connectivity index (χ4n) is 2.89. The summed E-state index contributed by atoms with van der Waals surface area (Å²) < 4.78 is 36.6. The Morgan fingerprint density at radius 2 is 2.00 bits per heavy atom. The first-order valence-corrected chi connectivity index (χ1v) is 10.5. The van der Waals surface area contributed by atoms with Crippen molar-refractivity contribution in [2.24, 2.45) is 0 Å². The zero-order valence-electron chi connectivity index (χ0n) is 16.4. The number of nitrogens with one attached hydrogen (secondary N) is 2. The summed E-state index contributed by atoms with van der Waals surface area (Å²) >= 11 is 0. The molecule has 0 saturated carbocycles. The van der Waals surface area contributed by atoms with Crippen molar-refractivity contribution in [2.75, 3.05) is 37.5 Å². The van der Waals surface area contributed by atoms with Crippen molar-refractivity contribution in [2.45, 2.75) is 4.90 Å². The molecule has 0 aliphatic carbocycles. The van der Waals surface area contributed by atoms with Gasteiger partial charge in [-0.3, -0.25) is 9.69 Å². The van der Waals surface area contributed by atoms with E-state index in [1.54, 1.807) is 30.3 Å². The van der Waals surface area contributed by atoms with Crippen LogP contribution in [-0.4, -0.2) is 47.7 Å². The first-order valence-electron chi connectivity index (χ1n) is 8.99. The molecule has 1 aliphatic heterocycles. The van der Waals surface area contributed by atoms with E-state index in [-0.39, 0.29) is 17.3 Å². The summed E-state index contributed by atoms with van der Waals surface area (Å²) in [5.74, 6) is -0.249. The lowest BCUT2D eigenvalue weighted by molar-refractivity contribution is -0.111. The molecule has 0 aromatic heterocycles. The maximum Gasteiger partial charge on any atom is 0.414 e. The lowest BCUT2D eigenvalue weighted by atomic mass is 10.2. The maximum atomic E-state index is 12.4. The van der Waals surface area contributed by atoms with E-state index >= 15 is 0 Å². The molecule has 2 amide bonds. The lowest BCUT2D eigenvalue weighted by Gasteiger charge is -2.17. The summed E-state index contributed by atoms with van der Waals surface area (Å²) in [6, 6.07) is 11.4. The van der Waals surface area contributed by atoms with Crippen molar-refractivity contribution in [1.82, 2.24) is 4.72 Å². The van der Waals surface area contributed by atoms with Crippen molar-refractivity contribution >= 4 is 39.5 Å². The van der Waals surface area contributed by atoms with Gasteiger partial charge in [-0.05, 0) is 43.0 Å². The number of rotatable bonds is 7. The lowest BCUT2D eigenvalue weighted by Crippen LogP contribution is -2.25. The van der Waals surface area contributed by atoms with Crippen LogP contribution >= 0.6 is 0 Å². The molecule has 0 spiro atoms. The summed E-state index contributed by atoms with van der Waals surface area (Å²) in [5, 5.41) is 2.73. The molecule has 2 aromatic carbocycles. The van der Waals surface area contributed by atoms with Crippen LogP contribution in [0.15, 0.2) is 53.4 Å². The van der Waals surface area contributed by atoms with Crippen molar-refractivity contribution in [3.63, 3.8) is 0 Å².